The summed E-state index contributed by atoms with van der Waals surface area (Å²) in [6.45, 7) is 0.186. The van der Waals surface area contributed by atoms with Gasteiger partial charge in [-0.1, -0.05) is 11.6 Å². The van der Waals surface area contributed by atoms with Crippen molar-refractivity contribution in [2.75, 3.05) is 26.0 Å². The van der Waals surface area contributed by atoms with Crippen LogP contribution in [0.25, 0.3) is 0 Å². The van der Waals surface area contributed by atoms with Crippen LogP contribution in [0.3, 0.4) is 0 Å². The van der Waals surface area contributed by atoms with E-state index in [0.29, 0.717) is 16.8 Å². The van der Waals surface area contributed by atoms with Gasteiger partial charge < -0.3 is 10.6 Å². The molecule has 1 fully saturated rings. The number of carbonyl (C=O) groups is 1. The van der Waals surface area contributed by atoms with Crippen molar-refractivity contribution >= 4 is 33.2 Å². The third kappa shape index (κ3) is 4.16. The van der Waals surface area contributed by atoms with Crippen LogP contribution < -0.4 is 10.6 Å². The van der Waals surface area contributed by atoms with E-state index in [2.05, 4.69) is 10.6 Å². The maximum Gasteiger partial charge on any atom is 0.242 e. The molecular weight excluding hydrogens is 314 g/mol. The normalized spacial score (nSPS) is 15.2. The zero-order valence-corrected chi connectivity index (χ0v) is 13.5. The molecule has 1 aliphatic carbocycles. The van der Waals surface area contributed by atoms with E-state index < -0.39 is 10.0 Å². The molecule has 0 heterocycles. The summed E-state index contributed by atoms with van der Waals surface area (Å²) in [7, 11) is -0.668. The summed E-state index contributed by atoms with van der Waals surface area (Å²) in [5, 5.41) is 6.00. The highest BCUT2D eigenvalue weighted by Gasteiger charge is 2.22. The van der Waals surface area contributed by atoms with Gasteiger partial charge in [-0.3, -0.25) is 4.79 Å². The van der Waals surface area contributed by atoms with E-state index in [4.69, 9.17) is 11.6 Å². The van der Waals surface area contributed by atoms with E-state index in [0.717, 1.165) is 17.1 Å². The van der Waals surface area contributed by atoms with Gasteiger partial charge in [-0.25, -0.2) is 12.7 Å². The van der Waals surface area contributed by atoms with Crippen molar-refractivity contribution in [1.29, 1.82) is 0 Å². The van der Waals surface area contributed by atoms with Crippen molar-refractivity contribution in [2.24, 2.45) is 0 Å². The molecule has 0 aromatic heterocycles. The van der Waals surface area contributed by atoms with E-state index >= 15 is 0 Å². The topological polar surface area (TPSA) is 78.5 Å². The summed E-state index contributed by atoms with van der Waals surface area (Å²) in [6, 6.07) is 4.66. The van der Waals surface area contributed by atoms with Crippen LogP contribution in [0.2, 0.25) is 5.02 Å². The molecule has 8 heteroatoms. The van der Waals surface area contributed by atoms with Crippen LogP contribution in [0, 0.1) is 0 Å². The molecule has 0 aliphatic heterocycles. The molecule has 21 heavy (non-hydrogen) atoms. The molecule has 116 valence electrons. The molecule has 6 nitrogen and oxygen atoms in total. The summed E-state index contributed by atoms with van der Waals surface area (Å²) in [5.74, 6) is -0.247. The molecule has 0 radical (unpaired) electrons. The minimum Gasteiger partial charge on any atom is -0.324 e. The van der Waals surface area contributed by atoms with Crippen molar-refractivity contribution < 1.29 is 13.2 Å². The van der Waals surface area contributed by atoms with Gasteiger partial charge in [0.15, 0.2) is 0 Å². The number of amides is 1. The van der Waals surface area contributed by atoms with E-state index in [-0.39, 0.29) is 17.3 Å². The molecule has 1 aliphatic rings. The Morgan fingerprint density at radius 3 is 2.62 bits per heavy atom. The Hall–Kier alpha value is -1.15. The Kier molecular flexibility index (Phi) is 4.88. The number of anilines is 1. The molecule has 2 rings (SSSR count). The fraction of sp³-hybridized carbons (Fsp3) is 0.462. The second-order valence-corrected chi connectivity index (χ2v) is 7.69. The van der Waals surface area contributed by atoms with Gasteiger partial charge in [0.05, 0.1) is 22.2 Å². The lowest BCUT2D eigenvalue weighted by molar-refractivity contribution is -0.115. The number of hydrogen-bond acceptors (Lipinski definition) is 4. The lowest BCUT2D eigenvalue weighted by Gasteiger charge is -2.14. The van der Waals surface area contributed by atoms with Gasteiger partial charge in [0.2, 0.25) is 15.9 Å². The summed E-state index contributed by atoms with van der Waals surface area (Å²) in [6.07, 6.45) is 2.18. The Labute approximate surface area is 129 Å². The number of benzene rings is 1. The maximum atomic E-state index is 12.1. The molecule has 1 amide bonds. The summed E-state index contributed by atoms with van der Waals surface area (Å²) < 4.78 is 25.2. The molecule has 0 saturated heterocycles. The summed E-state index contributed by atoms with van der Waals surface area (Å²) in [4.78, 5) is 11.9. The predicted molar refractivity (Wildman–Crippen MR) is 82.0 cm³/mol. The maximum absolute atomic E-state index is 12.1. The quantitative estimate of drug-likeness (QED) is 0.823. The smallest absolute Gasteiger partial charge is 0.242 e. The number of nitrogens with one attached hydrogen (secondary N) is 2. The average Bonchev–Trinajstić information content (AvgIpc) is 3.22. The van der Waals surface area contributed by atoms with Crippen LogP contribution >= 0.6 is 11.6 Å². The number of sulfonamides is 1. The third-order valence-corrected chi connectivity index (χ3v) is 5.26. The molecule has 1 saturated carbocycles. The first-order valence-corrected chi connectivity index (χ1v) is 8.38. The molecule has 1 aromatic rings. The molecule has 0 bridgehead atoms. The van der Waals surface area contributed by atoms with Crippen molar-refractivity contribution in [3.63, 3.8) is 0 Å². The number of carbonyl (C=O) groups excluding carboxylic acids is 1. The van der Waals surface area contributed by atoms with Gasteiger partial charge in [0, 0.05) is 20.1 Å². The summed E-state index contributed by atoms with van der Waals surface area (Å²) >= 11 is 6.00. The Morgan fingerprint density at radius 1 is 1.38 bits per heavy atom. The second kappa shape index (κ2) is 6.31. The molecule has 2 N–H and O–H groups in total. The van der Waals surface area contributed by atoms with E-state index in [1.807, 2.05) is 0 Å². The van der Waals surface area contributed by atoms with E-state index in [1.165, 1.54) is 32.3 Å². The minimum atomic E-state index is -3.56. The first-order chi connectivity index (χ1) is 9.80. The zero-order chi connectivity index (χ0) is 15.6. The first kappa shape index (κ1) is 16.2. The van der Waals surface area contributed by atoms with Gasteiger partial charge in [0.1, 0.15) is 0 Å². The highest BCUT2D eigenvalue weighted by Crippen LogP contribution is 2.26. The number of rotatable bonds is 6. The van der Waals surface area contributed by atoms with Crippen LogP contribution in [-0.2, 0) is 14.8 Å². The van der Waals surface area contributed by atoms with Gasteiger partial charge in [-0.2, -0.15) is 0 Å². The zero-order valence-electron chi connectivity index (χ0n) is 11.9. The Balaban J connectivity index is 2.13. The second-order valence-electron chi connectivity index (χ2n) is 5.13. The van der Waals surface area contributed by atoms with Crippen LogP contribution in [0.1, 0.15) is 12.8 Å². The Bertz CT molecular complexity index is 642. The monoisotopic (exact) mass is 331 g/mol. The van der Waals surface area contributed by atoms with Crippen molar-refractivity contribution in [3.8, 4) is 0 Å². The van der Waals surface area contributed by atoms with Gasteiger partial charge in [-0.15, -0.1) is 0 Å². The van der Waals surface area contributed by atoms with Gasteiger partial charge in [-0.05, 0) is 31.0 Å². The first-order valence-electron chi connectivity index (χ1n) is 6.56. The predicted octanol–water partition coefficient (Wildman–Crippen LogP) is 1.28. The number of halogens is 1. The minimum absolute atomic E-state index is 0.0855. The fourth-order valence-electron chi connectivity index (χ4n) is 1.69. The Morgan fingerprint density at radius 2 is 2.05 bits per heavy atom. The van der Waals surface area contributed by atoms with E-state index in [9.17, 15) is 13.2 Å². The SMILES string of the molecule is CN(C)S(=O)(=O)c1ccc(Cl)c(NC(=O)CNC2CC2)c1. The lowest BCUT2D eigenvalue weighted by Crippen LogP contribution is -2.29. The fourth-order valence-corrected chi connectivity index (χ4v) is 2.78. The standard InChI is InChI=1S/C13H18ClN3O3S/c1-17(2)21(19,20)10-5-6-11(14)12(7-10)16-13(18)8-15-9-3-4-9/h5-7,9,15H,3-4,8H2,1-2H3,(H,16,18). The number of hydrogen-bond donors (Lipinski definition) is 2. The van der Waals surface area contributed by atoms with Gasteiger partial charge >= 0.3 is 0 Å². The number of nitrogens with zero attached hydrogens (tertiary/aromatic N) is 1. The highest BCUT2D eigenvalue weighted by atomic mass is 35.5. The van der Waals surface area contributed by atoms with Crippen LogP contribution in [0.15, 0.2) is 23.1 Å². The van der Waals surface area contributed by atoms with E-state index in [1.54, 1.807) is 0 Å². The van der Waals surface area contributed by atoms with Crippen LogP contribution in [-0.4, -0.2) is 45.3 Å². The molecule has 0 atom stereocenters. The van der Waals surface area contributed by atoms with Crippen molar-refractivity contribution in [3.05, 3.63) is 23.2 Å². The average molecular weight is 332 g/mol. The van der Waals surface area contributed by atoms with Crippen LogP contribution in [0.4, 0.5) is 5.69 Å². The molecule has 0 unspecified atom stereocenters. The highest BCUT2D eigenvalue weighted by molar-refractivity contribution is 7.89. The van der Waals surface area contributed by atoms with Crippen LogP contribution in [0.5, 0.6) is 0 Å². The third-order valence-electron chi connectivity index (χ3n) is 3.12. The largest absolute Gasteiger partial charge is 0.324 e. The van der Waals surface area contributed by atoms with Crippen molar-refractivity contribution in [2.45, 2.75) is 23.8 Å². The molecule has 1 aromatic carbocycles. The van der Waals surface area contributed by atoms with Crippen molar-refractivity contribution in [1.82, 2.24) is 9.62 Å². The van der Waals surface area contributed by atoms with Gasteiger partial charge in [0.25, 0.3) is 0 Å². The lowest BCUT2D eigenvalue weighted by atomic mass is 10.3. The molecule has 0 spiro atoms. The summed E-state index contributed by atoms with van der Waals surface area (Å²) in [5.41, 5.74) is 0.294. The molecular formula is C13H18ClN3O3S.